The Kier molecular flexibility index (Phi) is 5.96. The molecule has 7 heteroatoms. The van der Waals surface area contributed by atoms with E-state index in [2.05, 4.69) is 10.6 Å². The molecule has 0 aliphatic carbocycles. The molecule has 6 nitrogen and oxygen atoms in total. The third kappa shape index (κ3) is 4.89. The van der Waals surface area contributed by atoms with Crippen molar-refractivity contribution in [2.24, 2.45) is 0 Å². The molecule has 0 radical (unpaired) electrons. The third-order valence-corrected chi connectivity index (χ3v) is 4.09. The molecule has 2 amide bonds. The number of para-hydroxylation sites is 2. The zero-order valence-corrected chi connectivity index (χ0v) is 14.8. The molecule has 1 heterocycles. The van der Waals surface area contributed by atoms with Crippen LogP contribution in [0.4, 0.5) is 0 Å². The Morgan fingerprint density at radius 2 is 1.77 bits per heavy atom. The van der Waals surface area contributed by atoms with Crippen LogP contribution in [0.25, 0.3) is 0 Å². The van der Waals surface area contributed by atoms with E-state index < -0.39 is 0 Å². The number of hydrogen-bond acceptors (Lipinski definition) is 4. The van der Waals surface area contributed by atoms with Gasteiger partial charge in [-0.25, -0.2) is 0 Å². The third-order valence-electron chi connectivity index (χ3n) is 3.84. The van der Waals surface area contributed by atoms with Crippen molar-refractivity contribution in [1.29, 1.82) is 0 Å². The van der Waals surface area contributed by atoms with Crippen molar-refractivity contribution < 1.29 is 19.1 Å². The molecule has 3 rings (SSSR count). The number of fused-ring (bicyclic) bond motifs is 1. The Bertz CT molecular complexity index is 779. The van der Waals surface area contributed by atoms with E-state index in [-0.39, 0.29) is 30.9 Å². The molecule has 26 heavy (non-hydrogen) atoms. The van der Waals surface area contributed by atoms with Gasteiger partial charge in [0.15, 0.2) is 11.5 Å². The lowest BCUT2D eigenvalue weighted by Crippen LogP contribution is -2.41. The molecule has 0 saturated heterocycles. The van der Waals surface area contributed by atoms with Crippen LogP contribution in [0.1, 0.15) is 16.8 Å². The molecule has 136 valence electrons. The molecule has 1 unspecified atom stereocenters. The number of hydrogen-bond donors (Lipinski definition) is 2. The van der Waals surface area contributed by atoms with Gasteiger partial charge >= 0.3 is 0 Å². The predicted molar refractivity (Wildman–Crippen MR) is 97.8 cm³/mol. The summed E-state index contributed by atoms with van der Waals surface area (Å²) in [5.74, 6) is 0.979. The molecule has 1 aliphatic heterocycles. The molecule has 2 N–H and O–H groups in total. The molecule has 2 aromatic carbocycles. The van der Waals surface area contributed by atoms with Crippen LogP contribution in [0, 0.1) is 0 Å². The van der Waals surface area contributed by atoms with Crippen molar-refractivity contribution in [2.45, 2.75) is 12.5 Å². The lowest BCUT2D eigenvalue weighted by Gasteiger charge is -2.26. The summed E-state index contributed by atoms with van der Waals surface area (Å²) in [6.07, 6.45) is -0.0544. The Labute approximate surface area is 156 Å². The fourth-order valence-corrected chi connectivity index (χ4v) is 2.60. The summed E-state index contributed by atoms with van der Waals surface area (Å²) in [6, 6.07) is 14.0. The van der Waals surface area contributed by atoms with Gasteiger partial charge in [0.2, 0.25) is 5.91 Å². The maximum atomic E-state index is 11.9. The van der Waals surface area contributed by atoms with Crippen LogP contribution in [0.15, 0.2) is 48.5 Å². The summed E-state index contributed by atoms with van der Waals surface area (Å²) in [4.78, 5) is 23.9. The molecule has 0 fully saturated rings. The van der Waals surface area contributed by atoms with E-state index in [4.69, 9.17) is 21.1 Å². The molecular formula is C19H19ClN2O4. The molecule has 1 atom stereocenters. The first-order chi connectivity index (χ1) is 12.6. The zero-order chi connectivity index (χ0) is 18.4. The summed E-state index contributed by atoms with van der Waals surface area (Å²) in [5, 5.41) is 6.06. The fourth-order valence-electron chi connectivity index (χ4n) is 2.47. The topological polar surface area (TPSA) is 76.7 Å². The molecule has 0 aromatic heterocycles. The highest BCUT2D eigenvalue weighted by Gasteiger charge is 2.20. The van der Waals surface area contributed by atoms with Crippen LogP contribution in [-0.2, 0) is 4.79 Å². The molecular weight excluding hydrogens is 356 g/mol. The minimum Gasteiger partial charge on any atom is -0.486 e. The van der Waals surface area contributed by atoms with Crippen LogP contribution in [-0.4, -0.2) is 37.6 Å². The van der Waals surface area contributed by atoms with Crippen molar-refractivity contribution in [3.8, 4) is 11.5 Å². The predicted octanol–water partition coefficient (Wildman–Crippen LogP) is 2.42. The Morgan fingerprint density at radius 1 is 1.04 bits per heavy atom. The van der Waals surface area contributed by atoms with E-state index in [0.717, 1.165) is 0 Å². The Hall–Kier alpha value is -2.73. The zero-order valence-electron chi connectivity index (χ0n) is 14.0. The van der Waals surface area contributed by atoms with Crippen molar-refractivity contribution >= 4 is 23.4 Å². The standard InChI is InChI=1S/C19H19ClN2O4/c20-14-7-5-13(6-8-14)19(24)21-10-9-18(23)22-11-15-12-25-16-3-1-2-4-17(16)26-15/h1-8,15H,9-12H2,(H,21,24)(H,22,23). The van der Waals surface area contributed by atoms with Gasteiger partial charge in [0, 0.05) is 23.6 Å². The van der Waals surface area contributed by atoms with Crippen molar-refractivity contribution in [3.05, 3.63) is 59.1 Å². The van der Waals surface area contributed by atoms with E-state index in [0.29, 0.717) is 35.2 Å². The van der Waals surface area contributed by atoms with Gasteiger partial charge in [-0.1, -0.05) is 23.7 Å². The van der Waals surface area contributed by atoms with Gasteiger partial charge in [-0.3, -0.25) is 9.59 Å². The fraction of sp³-hybridized carbons (Fsp3) is 0.263. The van der Waals surface area contributed by atoms with E-state index in [1.807, 2.05) is 24.3 Å². The van der Waals surface area contributed by atoms with Crippen LogP contribution >= 0.6 is 11.6 Å². The number of carbonyl (C=O) groups is 2. The van der Waals surface area contributed by atoms with E-state index >= 15 is 0 Å². The maximum Gasteiger partial charge on any atom is 0.251 e. The minimum atomic E-state index is -0.241. The number of nitrogens with one attached hydrogen (secondary N) is 2. The maximum absolute atomic E-state index is 11.9. The molecule has 0 spiro atoms. The van der Waals surface area contributed by atoms with E-state index in [9.17, 15) is 9.59 Å². The summed E-state index contributed by atoms with van der Waals surface area (Å²) < 4.78 is 11.4. The first kappa shape index (κ1) is 18.1. The summed E-state index contributed by atoms with van der Waals surface area (Å²) in [5.41, 5.74) is 0.501. The quantitative estimate of drug-likeness (QED) is 0.814. The first-order valence-electron chi connectivity index (χ1n) is 8.31. The highest BCUT2D eigenvalue weighted by Crippen LogP contribution is 2.30. The highest BCUT2D eigenvalue weighted by molar-refractivity contribution is 6.30. The average Bonchev–Trinajstić information content (AvgIpc) is 2.66. The van der Waals surface area contributed by atoms with Gasteiger partial charge in [-0.2, -0.15) is 0 Å². The molecule has 0 saturated carbocycles. The van der Waals surface area contributed by atoms with Gasteiger partial charge in [0.25, 0.3) is 5.91 Å². The smallest absolute Gasteiger partial charge is 0.251 e. The minimum absolute atomic E-state index is 0.163. The number of carbonyl (C=O) groups excluding carboxylic acids is 2. The second-order valence-corrected chi connectivity index (χ2v) is 6.25. The molecule has 2 aromatic rings. The number of benzene rings is 2. The molecule has 0 bridgehead atoms. The normalized spacial score (nSPS) is 15.2. The summed E-state index contributed by atoms with van der Waals surface area (Å²) >= 11 is 5.79. The average molecular weight is 375 g/mol. The molecule has 1 aliphatic rings. The number of ether oxygens (including phenoxy) is 2. The van der Waals surface area contributed by atoms with E-state index in [1.165, 1.54) is 0 Å². The van der Waals surface area contributed by atoms with Crippen molar-refractivity contribution in [2.75, 3.05) is 19.7 Å². The lowest BCUT2D eigenvalue weighted by molar-refractivity contribution is -0.121. The SMILES string of the molecule is O=C(CCNC(=O)c1ccc(Cl)cc1)NCC1COc2ccccc2O1. The van der Waals surface area contributed by atoms with Crippen molar-refractivity contribution in [1.82, 2.24) is 10.6 Å². The summed E-state index contributed by atoms with van der Waals surface area (Å²) in [7, 11) is 0. The van der Waals surface area contributed by atoms with Crippen LogP contribution in [0.3, 0.4) is 0 Å². The number of amides is 2. The Morgan fingerprint density at radius 3 is 2.54 bits per heavy atom. The van der Waals surface area contributed by atoms with Crippen LogP contribution in [0.2, 0.25) is 5.02 Å². The number of halogens is 1. The highest BCUT2D eigenvalue weighted by atomic mass is 35.5. The lowest BCUT2D eigenvalue weighted by atomic mass is 10.2. The van der Waals surface area contributed by atoms with Gasteiger partial charge in [0.05, 0.1) is 6.54 Å². The van der Waals surface area contributed by atoms with Gasteiger partial charge in [-0.15, -0.1) is 0 Å². The van der Waals surface area contributed by atoms with E-state index in [1.54, 1.807) is 24.3 Å². The Balaban J connectivity index is 1.36. The van der Waals surface area contributed by atoms with Crippen LogP contribution < -0.4 is 20.1 Å². The second-order valence-electron chi connectivity index (χ2n) is 5.81. The first-order valence-corrected chi connectivity index (χ1v) is 8.68. The second kappa shape index (κ2) is 8.58. The summed E-state index contributed by atoms with van der Waals surface area (Å²) in [6.45, 7) is 0.973. The van der Waals surface area contributed by atoms with Gasteiger partial charge < -0.3 is 20.1 Å². The van der Waals surface area contributed by atoms with Crippen molar-refractivity contribution in [3.63, 3.8) is 0 Å². The monoisotopic (exact) mass is 374 g/mol. The van der Waals surface area contributed by atoms with Gasteiger partial charge in [0.1, 0.15) is 12.7 Å². The van der Waals surface area contributed by atoms with Crippen LogP contribution in [0.5, 0.6) is 11.5 Å². The largest absolute Gasteiger partial charge is 0.486 e. The number of rotatable bonds is 6. The van der Waals surface area contributed by atoms with Gasteiger partial charge in [-0.05, 0) is 36.4 Å².